The minimum atomic E-state index is -0.625. The van der Waals surface area contributed by atoms with Crippen molar-refractivity contribution in [2.24, 2.45) is 0 Å². The molecule has 1 aliphatic heterocycles. The molecule has 0 saturated carbocycles. The quantitative estimate of drug-likeness (QED) is 0.260. The van der Waals surface area contributed by atoms with Crippen LogP contribution < -0.4 is 10.6 Å². The van der Waals surface area contributed by atoms with Gasteiger partial charge in [-0.25, -0.2) is 14.8 Å². The number of fused-ring (bicyclic) bond motifs is 2. The molecule has 10 heteroatoms. The van der Waals surface area contributed by atoms with Crippen LogP contribution in [-0.4, -0.2) is 61.9 Å². The molecular weight excluding hydrogens is 530 g/mol. The van der Waals surface area contributed by atoms with E-state index < -0.39 is 11.7 Å². The first-order chi connectivity index (χ1) is 20.1. The minimum Gasteiger partial charge on any atom is -0.442 e. The smallest absolute Gasteiger partial charge is 0.435 e. The highest BCUT2D eigenvalue weighted by molar-refractivity contribution is 5.96. The minimum absolute atomic E-state index is 0.000631. The summed E-state index contributed by atoms with van der Waals surface area (Å²) in [6.45, 7) is 6.39. The summed E-state index contributed by atoms with van der Waals surface area (Å²) in [6, 6.07) is 20.9. The van der Waals surface area contributed by atoms with Crippen LogP contribution in [0.2, 0.25) is 0 Å². The Morgan fingerprint density at radius 3 is 2.60 bits per heavy atom. The van der Waals surface area contributed by atoms with Gasteiger partial charge in [-0.15, -0.1) is 0 Å². The number of benzene rings is 3. The van der Waals surface area contributed by atoms with Crippen LogP contribution in [-0.2, 0) is 9.53 Å². The largest absolute Gasteiger partial charge is 0.442 e. The lowest BCUT2D eigenvalue weighted by molar-refractivity contribution is -0.119. The maximum Gasteiger partial charge on any atom is 0.435 e. The normalized spacial score (nSPS) is 15.7. The van der Waals surface area contributed by atoms with Crippen molar-refractivity contribution in [3.63, 3.8) is 0 Å². The van der Waals surface area contributed by atoms with Gasteiger partial charge in [0.2, 0.25) is 5.91 Å². The SMILES string of the molecule is CN1CCCC1C(=O)Nc1cccc(-c2nc(Nc3ccc4c(cnn4C(=O)OC(C)(C)C)c3)c3ccccc3n2)c1. The molecule has 10 nitrogen and oxygen atoms in total. The van der Waals surface area contributed by atoms with E-state index in [9.17, 15) is 9.59 Å². The van der Waals surface area contributed by atoms with Crippen molar-refractivity contribution in [2.45, 2.75) is 45.3 Å². The number of anilines is 3. The Balaban J connectivity index is 1.30. The van der Waals surface area contributed by atoms with E-state index in [4.69, 9.17) is 14.7 Å². The second-order valence-electron chi connectivity index (χ2n) is 11.6. The number of hydrogen-bond donors (Lipinski definition) is 2. The maximum absolute atomic E-state index is 12.9. The fraction of sp³-hybridized carbons (Fsp3) is 0.281. The van der Waals surface area contributed by atoms with Crippen LogP contribution >= 0.6 is 0 Å². The molecule has 0 bridgehead atoms. The van der Waals surface area contributed by atoms with E-state index in [2.05, 4.69) is 20.6 Å². The Morgan fingerprint density at radius 1 is 0.976 bits per heavy atom. The highest BCUT2D eigenvalue weighted by atomic mass is 16.6. The third-order valence-corrected chi connectivity index (χ3v) is 7.21. The lowest BCUT2D eigenvalue weighted by Crippen LogP contribution is -2.37. The molecule has 1 amide bonds. The van der Waals surface area contributed by atoms with Crippen LogP contribution in [0.15, 0.2) is 72.9 Å². The summed E-state index contributed by atoms with van der Waals surface area (Å²) in [5.41, 5.74) is 3.08. The van der Waals surface area contributed by atoms with Crippen molar-refractivity contribution in [1.82, 2.24) is 24.6 Å². The molecule has 1 saturated heterocycles. The molecule has 6 rings (SSSR count). The van der Waals surface area contributed by atoms with Crippen LogP contribution in [0, 0.1) is 0 Å². The van der Waals surface area contributed by atoms with Crippen LogP contribution in [0.5, 0.6) is 0 Å². The van der Waals surface area contributed by atoms with Gasteiger partial charge in [0.1, 0.15) is 11.4 Å². The summed E-state index contributed by atoms with van der Waals surface area (Å²) in [5.74, 6) is 1.17. The number of aromatic nitrogens is 4. The number of nitrogens with one attached hydrogen (secondary N) is 2. The van der Waals surface area contributed by atoms with Crippen LogP contribution in [0.4, 0.5) is 22.0 Å². The lowest BCUT2D eigenvalue weighted by atomic mass is 10.1. The number of rotatable bonds is 5. The Kier molecular flexibility index (Phi) is 7.07. The van der Waals surface area contributed by atoms with Gasteiger partial charge in [0.05, 0.1) is 23.3 Å². The molecule has 3 aromatic carbocycles. The van der Waals surface area contributed by atoms with Gasteiger partial charge in [0.15, 0.2) is 5.82 Å². The molecule has 1 unspecified atom stereocenters. The average molecular weight is 564 g/mol. The molecule has 214 valence electrons. The van der Waals surface area contributed by atoms with E-state index >= 15 is 0 Å². The second kappa shape index (κ2) is 10.9. The number of likely N-dealkylation sites (N-methyl/N-ethyl adjacent to an activating group) is 1. The van der Waals surface area contributed by atoms with Gasteiger partial charge in [-0.3, -0.25) is 9.69 Å². The fourth-order valence-electron chi connectivity index (χ4n) is 5.20. The summed E-state index contributed by atoms with van der Waals surface area (Å²) >= 11 is 0. The monoisotopic (exact) mass is 563 g/mol. The first kappa shape index (κ1) is 27.3. The predicted molar refractivity (Wildman–Crippen MR) is 164 cm³/mol. The predicted octanol–water partition coefficient (Wildman–Crippen LogP) is 6.21. The van der Waals surface area contributed by atoms with E-state index in [-0.39, 0.29) is 11.9 Å². The fourth-order valence-corrected chi connectivity index (χ4v) is 5.20. The van der Waals surface area contributed by atoms with E-state index in [1.54, 1.807) is 6.20 Å². The molecule has 2 aromatic heterocycles. The van der Waals surface area contributed by atoms with Gasteiger partial charge < -0.3 is 15.4 Å². The Bertz CT molecular complexity index is 1810. The number of likely N-dealkylation sites (tertiary alicyclic amines) is 1. The number of amides is 1. The first-order valence-corrected chi connectivity index (χ1v) is 14.0. The van der Waals surface area contributed by atoms with E-state index in [0.717, 1.165) is 46.9 Å². The van der Waals surface area contributed by atoms with Crippen LogP contribution in [0.1, 0.15) is 33.6 Å². The number of para-hydroxylation sites is 1. The van der Waals surface area contributed by atoms with Crippen molar-refractivity contribution in [1.29, 1.82) is 0 Å². The number of carbonyl (C=O) groups is 2. The molecule has 3 heterocycles. The molecule has 0 spiro atoms. The zero-order chi connectivity index (χ0) is 29.4. The Hall–Kier alpha value is -4.83. The molecule has 0 aliphatic carbocycles. The van der Waals surface area contributed by atoms with Crippen LogP contribution in [0.25, 0.3) is 33.2 Å². The van der Waals surface area contributed by atoms with Crippen molar-refractivity contribution in [2.75, 3.05) is 24.2 Å². The summed E-state index contributed by atoms with van der Waals surface area (Å²) in [4.78, 5) is 37.3. The summed E-state index contributed by atoms with van der Waals surface area (Å²) in [7, 11) is 1.98. The molecule has 1 atom stereocenters. The molecule has 1 fully saturated rings. The number of carbonyl (C=O) groups excluding carboxylic acids is 2. The van der Waals surface area contributed by atoms with Gasteiger partial charge in [-0.2, -0.15) is 9.78 Å². The molecule has 42 heavy (non-hydrogen) atoms. The van der Waals surface area contributed by atoms with Gasteiger partial charge in [-0.1, -0.05) is 24.3 Å². The molecule has 1 aliphatic rings. The van der Waals surface area contributed by atoms with Gasteiger partial charge in [0.25, 0.3) is 0 Å². The number of ether oxygens (including phenoxy) is 1. The summed E-state index contributed by atoms with van der Waals surface area (Å²) < 4.78 is 6.75. The standard InChI is InChI=1S/C32H33N7O3/c1-32(2,3)42-31(41)39-26-15-14-23(18-21(26)19-33-39)34-29-24-11-5-6-12-25(24)36-28(37-29)20-9-7-10-22(17-20)35-30(40)27-13-8-16-38(27)4/h5-7,9-12,14-15,17-19,27H,8,13,16H2,1-4H3,(H,35,40)(H,34,36,37). The highest BCUT2D eigenvalue weighted by Gasteiger charge is 2.27. The van der Waals surface area contributed by atoms with Gasteiger partial charge in [-0.05, 0) is 89.7 Å². The van der Waals surface area contributed by atoms with Gasteiger partial charge in [0, 0.05) is 27.7 Å². The lowest BCUT2D eigenvalue weighted by Gasteiger charge is -2.19. The van der Waals surface area contributed by atoms with E-state index in [1.807, 2.05) is 94.5 Å². The van der Waals surface area contributed by atoms with E-state index in [1.165, 1.54) is 4.68 Å². The maximum atomic E-state index is 12.9. The highest BCUT2D eigenvalue weighted by Crippen LogP contribution is 2.30. The van der Waals surface area contributed by atoms with Crippen molar-refractivity contribution in [3.05, 3.63) is 72.9 Å². The third kappa shape index (κ3) is 5.66. The first-order valence-electron chi connectivity index (χ1n) is 14.0. The van der Waals surface area contributed by atoms with Crippen molar-refractivity contribution < 1.29 is 14.3 Å². The topological polar surface area (TPSA) is 114 Å². The number of nitrogens with zero attached hydrogens (tertiary/aromatic N) is 5. The van der Waals surface area contributed by atoms with Crippen molar-refractivity contribution in [3.8, 4) is 11.4 Å². The second-order valence-corrected chi connectivity index (χ2v) is 11.6. The zero-order valence-corrected chi connectivity index (χ0v) is 24.1. The Labute approximate surface area is 243 Å². The van der Waals surface area contributed by atoms with Crippen molar-refractivity contribution >= 4 is 51.0 Å². The molecule has 0 radical (unpaired) electrons. The molecule has 2 N–H and O–H groups in total. The summed E-state index contributed by atoms with van der Waals surface area (Å²) in [6.07, 6.45) is 2.99. The molecule has 5 aromatic rings. The Morgan fingerprint density at radius 2 is 1.81 bits per heavy atom. The zero-order valence-electron chi connectivity index (χ0n) is 24.1. The number of hydrogen-bond acceptors (Lipinski definition) is 8. The van der Waals surface area contributed by atoms with Gasteiger partial charge >= 0.3 is 6.09 Å². The average Bonchev–Trinajstić information content (AvgIpc) is 3.58. The summed E-state index contributed by atoms with van der Waals surface area (Å²) in [5, 5.41) is 12.4. The molecular formula is C32H33N7O3. The third-order valence-electron chi connectivity index (χ3n) is 7.21. The van der Waals surface area contributed by atoms with Crippen LogP contribution in [0.3, 0.4) is 0 Å². The van der Waals surface area contributed by atoms with E-state index in [0.29, 0.717) is 22.8 Å².